The van der Waals surface area contributed by atoms with Gasteiger partial charge in [0.25, 0.3) is 0 Å². The Kier molecular flexibility index (Phi) is 5.20. The van der Waals surface area contributed by atoms with Crippen LogP contribution in [0.15, 0.2) is 18.2 Å². The number of likely N-dealkylation sites (tertiary alicyclic amines) is 1. The van der Waals surface area contributed by atoms with Crippen molar-refractivity contribution in [1.29, 1.82) is 0 Å². The lowest BCUT2D eigenvalue weighted by Crippen LogP contribution is -2.33. The second-order valence-electron chi connectivity index (χ2n) is 6.84. The fourth-order valence-corrected chi connectivity index (χ4v) is 4.23. The molecule has 2 aliphatic rings. The molecule has 0 radical (unpaired) electrons. The Balaban J connectivity index is 1.77. The number of hydrogen-bond donors (Lipinski definition) is 1. The summed E-state index contributed by atoms with van der Waals surface area (Å²) in [5.41, 5.74) is 3.07. The van der Waals surface area contributed by atoms with Crippen molar-refractivity contribution >= 4 is 11.6 Å². The molecular weight excluding hydrogens is 280 g/mol. The summed E-state index contributed by atoms with van der Waals surface area (Å²) in [6, 6.07) is 6.60. The number of hydrogen-bond acceptors (Lipinski definition) is 2. The zero-order chi connectivity index (χ0) is 14.7. The summed E-state index contributed by atoms with van der Waals surface area (Å²) in [6.45, 7) is 4.79. The van der Waals surface area contributed by atoms with E-state index in [9.17, 15) is 0 Å². The van der Waals surface area contributed by atoms with E-state index >= 15 is 0 Å². The number of nitrogens with zero attached hydrogens (tertiary/aromatic N) is 1. The molecule has 0 amide bonds. The standard InChI is InChI=1S/C18H27ClN2/c1-21-10-2-3-14(13-21)11-16-12-17(19)4-5-18(16)15-6-8-20-9-7-15/h4-5,12,14-15,20H,2-3,6-11,13H2,1H3/t14-/m1/s1. The van der Waals surface area contributed by atoms with Gasteiger partial charge < -0.3 is 10.2 Å². The lowest BCUT2D eigenvalue weighted by atomic mass is 9.83. The van der Waals surface area contributed by atoms with Gasteiger partial charge in [-0.3, -0.25) is 0 Å². The summed E-state index contributed by atoms with van der Waals surface area (Å²) in [5, 5.41) is 4.37. The molecule has 1 N–H and O–H groups in total. The van der Waals surface area contributed by atoms with Gasteiger partial charge in [0.05, 0.1) is 0 Å². The Hall–Kier alpha value is -0.570. The lowest BCUT2D eigenvalue weighted by Gasteiger charge is -2.31. The molecule has 0 aromatic heterocycles. The van der Waals surface area contributed by atoms with E-state index in [2.05, 4.69) is 35.5 Å². The highest BCUT2D eigenvalue weighted by Gasteiger charge is 2.22. The van der Waals surface area contributed by atoms with Crippen LogP contribution in [0.25, 0.3) is 0 Å². The van der Waals surface area contributed by atoms with E-state index in [1.54, 1.807) is 5.56 Å². The van der Waals surface area contributed by atoms with Crippen LogP contribution in [0.4, 0.5) is 0 Å². The van der Waals surface area contributed by atoms with Crippen LogP contribution in [0.5, 0.6) is 0 Å². The molecule has 0 bridgehead atoms. The van der Waals surface area contributed by atoms with E-state index in [4.69, 9.17) is 11.6 Å². The molecule has 116 valence electrons. The van der Waals surface area contributed by atoms with E-state index in [0.717, 1.165) is 29.9 Å². The molecule has 2 aliphatic heterocycles. The van der Waals surface area contributed by atoms with Gasteiger partial charge in [-0.25, -0.2) is 0 Å². The summed E-state index contributed by atoms with van der Waals surface area (Å²) in [4.78, 5) is 2.48. The van der Waals surface area contributed by atoms with Gasteiger partial charge in [0, 0.05) is 11.6 Å². The van der Waals surface area contributed by atoms with Crippen molar-refractivity contribution in [3.8, 4) is 0 Å². The predicted octanol–water partition coefficient (Wildman–Crippen LogP) is 3.69. The first-order valence-corrected chi connectivity index (χ1v) is 8.78. The van der Waals surface area contributed by atoms with Gasteiger partial charge in [-0.2, -0.15) is 0 Å². The number of piperidine rings is 2. The molecule has 2 nitrogen and oxygen atoms in total. The van der Waals surface area contributed by atoms with E-state index in [1.165, 1.54) is 50.8 Å². The van der Waals surface area contributed by atoms with Crippen LogP contribution in [0.2, 0.25) is 5.02 Å². The van der Waals surface area contributed by atoms with Gasteiger partial charge in [-0.05, 0) is 93.9 Å². The fraction of sp³-hybridized carbons (Fsp3) is 0.667. The Morgan fingerprint density at radius 1 is 1.24 bits per heavy atom. The fourth-order valence-electron chi connectivity index (χ4n) is 4.03. The molecule has 2 heterocycles. The molecule has 3 rings (SSSR count). The summed E-state index contributed by atoms with van der Waals surface area (Å²) >= 11 is 6.28. The molecule has 3 heteroatoms. The molecule has 0 spiro atoms. The first-order valence-electron chi connectivity index (χ1n) is 8.40. The van der Waals surface area contributed by atoms with Crippen LogP contribution in [0.1, 0.15) is 42.7 Å². The summed E-state index contributed by atoms with van der Waals surface area (Å²) in [7, 11) is 2.25. The van der Waals surface area contributed by atoms with Crippen molar-refractivity contribution < 1.29 is 0 Å². The van der Waals surface area contributed by atoms with E-state index in [1.807, 2.05) is 0 Å². The molecule has 0 saturated carbocycles. The van der Waals surface area contributed by atoms with Gasteiger partial charge in [0.2, 0.25) is 0 Å². The third-order valence-electron chi connectivity index (χ3n) is 5.11. The summed E-state index contributed by atoms with van der Waals surface area (Å²) in [6.07, 6.45) is 6.43. The highest BCUT2D eigenvalue weighted by molar-refractivity contribution is 6.30. The maximum Gasteiger partial charge on any atom is 0.0408 e. The Morgan fingerprint density at radius 3 is 2.81 bits per heavy atom. The maximum atomic E-state index is 6.28. The SMILES string of the molecule is CN1CCC[C@H](Cc2cc(Cl)ccc2C2CCNCC2)C1. The van der Waals surface area contributed by atoms with E-state index < -0.39 is 0 Å². The van der Waals surface area contributed by atoms with Crippen LogP contribution in [0, 0.1) is 5.92 Å². The van der Waals surface area contributed by atoms with Gasteiger partial charge >= 0.3 is 0 Å². The van der Waals surface area contributed by atoms with Crippen molar-refractivity contribution in [3.05, 3.63) is 34.3 Å². The smallest absolute Gasteiger partial charge is 0.0408 e. The average molecular weight is 307 g/mol. The second kappa shape index (κ2) is 7.13. The largest absolute Gasteiger partial charge is 0.317 e. The molecular formula is C18H27ClN2. The zero-order valence-corrected chi connectivity index (χ0v) is 13.8. The van der Waals surface area contributed by atoms with Crippen LogP contribution < -0.4 is 5.32 Å². The van der Waals surface area contributed by atoms with Crippen molar-refractivity contribution in [2.24, 2.45) is 5.92 Å². The third-order valence-corrected chi connectivity index (χ3v) is 5.35. The van der Waals surface area contributed by atoms with E-state index in [-0.39, 0.29) is 0 Å². The van der Waals surface area contributed by atoms with Crippen molar-refractivity contribution in [2.45, 2.75) is 38.0 Å². The third kappa shape index (κ3) is 4.00. The molecule has 2 saturated heterocycles. The van der Waals surface area contributed by atoms with Crippen LogP contribution >= 0.6 is 11.6 Å². The highest BCUT2D eigenvalue weighted by Crippen LogP contribution is 2.32. The highest BCUT2D eigenvalue weighted by atomic mass is 35.5. The number of halogens is 1. The average Bonchev–Trinajstić information content (AvgIpc) is 2.48. The molecule has 0 aliphatic carbocycles. The maximum absolute atomic E-state index is 6.28. The Morgan fingerprint density at radius 2 is 2.05 bits per heavy atom. The van der Waals surface area contributed by atoms with Gasteiger partial charge in [0.15, 0.2) is 0 Å². The normalized spacial score (nSPS) is 25.1. The first kappa shape index (κ1) is 15.3. The Bertz CT molecular complexity index is 468. The minimum absolute atomic E-state index is 0.722. The minimum atomic E-state index is 0.722. The van der Waals surface area contributed by atoms with Crippen molar-refractivity contribution in [3.63, 3.8) is 0 Å². The summed E-state index contributed by atoms with van der Waals surface area (Å²) in [5.74, 6) is 1.52. The second-order valence-corrected chi connectivity index (χ2v) is 7.28. The molecule has 1 atom stereocenters. The summed E-state index contributed by atoms with van der Waals surface area (Å²) < 4.78 is 0. The molecule has 1 aromatic carbocycles. The zero-order valence-electron chi connectivity index (χ0n) is 13.1. The lowest BCUT2D eigenvalue weighted by molar-refractivity contribution is 0.209. The molecule has 21 heavy (non-hydrogen) atoms. The van der Waals surface area contributed by atoms with Crippen LogP contribution in [-0.2, 0) is 6.42 Å². The Labute approximate surface area is 133 Å². The monoisotopic (exact) mass is 306 g/mol. The molecule has 0 unspecified atom stereocenters. The number of benzene rings is 1. The van der Waals surface area contributed by atoms with Crippen molar-refractivity contribution in [2.75, 3.05) is 33.2 Å². The van der Waals surface area contributed by atoms with Crippen LogP contribution in [0.3, 0.4) is 0 Å². The minimum Gasteiger partial charge on any atom is -0.317 e. The topological polar surface area (TPSA) is 15.3 Å². The first-order chi connectivity index (χ1) is 10.2. The quantitative estimate of drug-likeness (QED) is 0.916. The van der Waals surface area contributed by atoms with Gasteiger partial charge in [-0.15, -0.1) is 0 Å². The predicted molar refractivity (Wildman–Crippen MR) is 90.2 cm³/mol. The molecule has 2 fully saturated rings. The van der Waals surface area contributed by atoms with Crippen molar-refractivity contribution in [1.82, 2.24) is 10.2 Å². The number of rotatable bonds is 3. The molecule has 1 aromatic rings. The van der Waals surface area contributed by atoms with Gasteiger partial charge in [0.1, 0.15) is 0 Å². The number of nitrogens with one attached hydrogen (secondary N) is 1. The van der Waals surface area contributed by atoms with Gasteiger partial charge in [-0.1, -0.05) is 17.7 Å². The van der Waals surface area contributed by atoms with E-state index in [0.29, 0.717) is 0 Å². The van der Waals surface area contributed by atoms with Crippen LogP contribution in [-0.4, -0.2) is 38.1 Å².